The van der Waals surface area contributed by atoms with Gasteiger partial charge in [0, 0.05) is 56.9 Å². The first-order valence-corrected chi connectivity index (χ1v) is 11.9. The van der Waals surface area contributed by atoms with Gasteiger partial charge in [-0.2, -0.15) is 5.10 Å². The van der Waals surface area contributed by atoms with Gasteiger partial charge in [0.2, 0.25) is 0 Å². The van der Waals surface area contributed by atoms with Crippen molar-refractivity contribution in [3.8, 4) is 0 Å². The molecule has 0 amide bonds. The molecule has 3 aliphatic rings. The van der Waals surface area contributed by atoms with Crippen molar-refractivity contribution in [1.82, 2.24) is 24.5 Å². The fourth-order valence-corrected chi connectivity index (χ4v) is 5.32. The third-order valence-electron chi connectivity index (χ3n) is 7.23. The third-order valence-corrected chi connectivity index (χ3v) is 7.23. The third kappa shape index (κ3) is 3.71. The summed E-state index contributed by atoms with van der Waals surface area (Å²) in [4.78, 5) is 24.9. The van der Waals surface area contributed by atoms with Crippen LogP contribution in [0.25, 0.3) is 5.52 Å². The summed E-state index contributed by atoms with van der Waals surface area (Å²) in [6.07, 6.45) is 6.10. The van der Waals surface area contributed by atoms with Crippen LogP contribution in [0.15, 0.2) is 35.3 Å². The molecule has 3 aliphatic heterocycles. The maximum atomic E-state index is 12.6. The lowest BCUT2D eigenvalue weighted by molar-refractivity contribution is 0.0832. The minimum atomic E-state index is -0.115. The molecule has 3 aromatic rings. The van der Waals surface area contributed by atoms with Gasteiger partial charge >= 0.3 is 0 Å². The highest BCUT2D eigenvalue weighted by Gasteiger charge is 2.29. The van der Waals surface area contributed by atoms with Gasteiger partial charge in [0.15, 0.2) is 5.52 Å². The molecule has 6 rings (SSSR count). The van der Waals surface area contributed by atoms with Crippen LogP contribution in [0.4, 0.5) is 5.69 Å². The standard InChI is InChI=1S/C24H30N6O2/c31-24-21-13-25-23(18-7-11-32-12-8-18)30(21)27-22(26-24)16-28-14-19(15-28)17-3-5-20(6-4-17)29-9-1-2-10-29/h3-6,13,18-19H,1-2,7-12,14-16H2,(H,26,27,31). The molecule has 8 heteroatoms. The fraction of sp³-hybridized carbons (Fsp3) is 0.542. The van der Waals surface area contributed by atoms with E-state index in [-0.39, 0.29) is 5.56 Å². The Bertz CT molecular complexity index is 1140. The minimum Gasteiger partial charge on any atom is -0.381 e. The first-order chi connectivity index (χ1) is 15.7. The van der Waals surface area contributed by atoms with Crippen molar-refractivity contribution in [3.05, 3.63) is 58.0 Å². The second kappa shape index (κ2) is 8.33. The molecule has 5 heterocycles. The Morgan fingerprint density at radius 1 is 1.03 bits per heavy atom. The smallest absolute Gasteiger partial charge is 0.276 e. The maximum Gasteiger partial charge on any atom is 0.276 e. The largest absolute Gasteiger partial charge is 0.381 e. The van der Waals surface area contributed by atoms with Crippen LogP contribution in [-0.4, -0.2) is 63.9 Å². The SMILES string of the molecule is O=c1[nH]c(CN2CC(c3ccc(N4CCCC4)cc3)C2)nn2c(C3CCOCC3)ncc12. The number of hydrogen-bond acceptors (Lipinski definition) is 6. The van der Waals surface area contributed by atoms with Crippen molar-refractivity contribution >= 4 is 11.2 Å². The Hall–Kier alpha value is -2.71. The lowest BCUT2D eigenvalue weighted by Gasteiger charge is -2.39. The second-order valence-corrected chi connectivity index (χ2v) is 9.38. The number of benzene rings is 1. The number of ether oxygens (including phenoxy) is 1. The number of aromatic amines is 1. The van der Waals surface area contributed by atoms with E-state index in [1.165, 1.54) is 37.2 Å². The average Bonchev–Trinajstić information content (AvgIpc) is 3.47. The quantitative estimate of drug-likeness (QED) is 0.665. The summed E-state index contributed by atoms with van der Waals surface area (Å²) in [5.41, 5.74) is 3.15. The van der Waals surface area contributed by atoms with Crippen molar-refractivity contribution in [2.45, 2.75) is 44.1 Å². The topological polar surface area (TPSA) is 78.8 Å². The van der Waals surface area contributed by atoms with E-state index in [1.807, 2.05) is 0 Å². The van der Waals surface area contributed by atoms with Gasteiger partial charge in [-0.3, -0.25) is 9.69 Å². The normalized spacial score (nSPS) is 20.8. The summed E-state index contributed by atoms with van der Waals surface area (Å²) in [7, 11) is 0. The van der Waals surface area contributed by atoms with Gasteiger partial charge in [-0.1, -0.05) is 12.1 Å². The van der Waals surface area contributed by atoms with Gasteiger partial charge in [0.25, 0.3) is 5.56 Å². The van der Waals surface area contributed by atoms with Crippen LogP contribution in [0.5, 0.6) is 0 Å². The highest BCUT2D eigenvalue weighted by molar-refractivity contribution is 5.49. The number of fused-ring (bicyclic) bond motifs is 1. The van der Waals surface area contributed by atoms with Crippen molar-refractivity contribution in [3.63, 3.8) is 0 Å². The lowest BCUT2D eigenvalue weighted by atomic mass is 9.91. The van der Waals surface area contributed by atoms with Gasteiger partial charge in [-0.15, -0.1) is 0 Å². The molecule has 0 saturated carbocycles. The number of likely N-dealkylation sites (tertiary alicyclic amines) is 1. The molecule has 0 unspecified atom stereocenters. The number of nitrogens with one attached hydrogen (secondary N) is 1. The summed E-state index contributed by atoms with van der Waals surface area (Å²) in [6, 6.07) is 9.11. The number of imidazole rings is 1. The molecule has 2 aromatic heterocycles. The molecule has 3 fully saturated rings. The molecule has 1 N–H and O–H groups in total. The number of anilines is 1. The Morgan fingerprint density at radius 3 is 2.53 bits per heavy atom. The van der Waals surface area contributed by atoms with Crippen molar-refractivity contribution in [2.24, 2.45) is 0 Å². The molecule has 0 atom stereocenters. The van der Waals surface area contributed by atoms with Gasteiger partial charge in [0.05, 0.1) is 12.7 Å². The van der Waals surface area contributed by atoms with Crippen LogP contribution < -0.4 is 10.5 Å². The van der Waals surface area contributed by atoms with Crippen molar-refractivity contribution < 1.29 is 4.74 Å². The van der Waals surface area contributed by atoms with Crippen LogP contribution in [0.2, 0.25) is 0 Å². The molecular formula is C24H30N6O2. The first-order valence-electron chi connectivity index (χ1n) is 11.9. The van der Waals surface area contributed by atoms with Crippen molar-refractivity contribution in [1.29, 1.82) is 0 Å². The van der Waals surface area contributed by atoms with Crippen LogP contribution in [0.1, 0.15) is 54.7 Å². The number of nitrogens with zero attached hydrogens (tertiary/aromatic N) is 5. The summed E-state index contributed by atoms with van der Waals surface area (Å²) < 4.78 is 7.24. The molecule has 0 aliphatic carbocycles. The highest BCUT2D eigenvalue weighted by atomic mass is 16.5. The van der Waals surface area contributed by atoms with Crippen LogP contribution in [0.3, 0.4) is 0 Å². The zero-order valence-corrected chi connectivity index (χ0v) is 18.4. The van der Waals surface area contributed by atoms with E-state index in [2.05, 4.69) is 44.0 Å². The molecule has 8 nitrogen and oxygen atoms in total. The summed E-state index contributed by atoms with van der Waals surface area (Å²) in [5, 5.41) is 4.76. The number of hydrogen-bond donors (Lipinski definition) is 1. The Balaban J connectivity index is 1.13. The lowest BCUT2D eigenvalue weighted by Crippen LogP contribution is -2.44. The van der Waals surface area contributed by atoms with Gasteiger partial charge in [-0.05, 0) is 43.4 Å². The predicted molar refractivity (Wildman–Crippen MR) is 122 cm³/mol. The number of rotatable bonds is 5. The minimum absolute atomic E-state index is 0.115. The van der Waals surface area contributed by atoms with Gasteiger partial charge in [-0.25, -0.2) is 9.50 Å². The van der Waals surface area contributed by atoms with E-state index in [0.29, 0.717) is 29.7 Å². The molecular weight excluding hydrogens is 404 g/mol. The molecule has 168 valence electrons. The molecule has 0 radical (unpaired) electrons. The predicted octanol–water partition coefficient (Wildman–Crippen LogP) is 2.51. The van der Waals surface area contributed by atoms with Gasteiger partial charge in [0.1, 0.15) is 11.6 Å². The molecule has 0 spiro atoms. The molecule has 32 heavy (non-hydrogen) atoms. The van der Waals surface area contributed by atoms with E-state index in [0.717, 1.165) is 45.0 Å². The zero-order chi connectivity index (χ0) is 21.5. The van der Waals surface area contributed by atoms with Gasteiger partial charge < -0.3 is 14.6 Å². The zero-order valence-electron chi connectivity index (χ0n) is 18.4. The van der Waals surface area contributed by atoms with E-state index >= 15 is 0 Å². The Kier molecular flexibility index (Phi) is 5.19. The van der Waals surface area contributed by atoms with Crippen LogP contribution in [-0.2, 0) is 11.3 Å². The highest BCUT2D eigenvalue weighted by Crippen LogP contribution is 2.30. The fourth-order valence-electron chi connectivity index (χ4n) is 5.32. The van der Waals surface area contributed by atoms with Crippen LogP contribution >= 0.6 is 0 Å². The first kappa shape index (κ1) is 19.9. The van der Waals surface area contributed by atoms with E-state index in [9.17, 15) is 4.79 Å². The monoisotopic (exact) mass is 434 g/mol. The second-order valence-electron chi connectivity index (χ2n) is 9.38. The molecule has 0 bridgehead atoms. The van der Waals surface area contributed by atoms with E-state index in [1.54, 1.807) is 10.7 Å². The maximum absolute atomic E-state index is 12.6. The molecule has 3 saturated heterocycles. The summed E-state index contributed by atoms with van der Waals surface area (Å²) in [5.74, 6) is 2.43. The molecule has 1 aromatic carbocycles. The van der Waals surface area contributed by atoms with Crippen LogP contribution in [0, 0.1) is 0 Å². The number of aromatic nitrogens is 4. The van der Waals surface area contributed by atoms with E-state index in [4.69, 9.17) is 9.84 Å². The van der Waals surface area contributed by atoms with E-state index < -0.39 is 0 Å². The number of H-pyrrole nitrogens is 1. The summed E-state index contributed by atoms with van der Waals surface area (Å²) >= 11 is 0. The van der Waals surface area contributed by atoms with Crippen molar-refractivity contribution in [2.75, 3.05) is 44.3 Å². The average molecular weight is 435 g/mol. The summed E-state index contributed by atoms with van der Waals surface area (Å²) in [6.45, 7) is 6.47. The Labute approximate surface area is 187 Å². The Morgan fingerprint density at radius 2 is 1.78 bits per heavy atom.